The first kappa shape index (κ1) is 26.6. The minimum Gasteiger partial charge on any atom is -0.410 e. The summed E-state index contributed by atoms with van der Waals surface area (Å²) in [7, 11) is -1.96. The van der Waals surface area contributed by atoms with Gasteiger partial charge in [0, 0.05) is 13.1 Å². The zero-order chi connectivity index (χ0) is 25.8. The van der Waals surface area contributed by atoms with E-state index in [-0.39, 0.29) is 17.7 Å². The van der Waals surface area contributed by atoms with E-state index < -0.39 is 13.9 Å². The third-order valence-electron chi connectivity index (χ3n) is 8.09. The van der Waals surface area contributed by atoms with E-state index in [9.17, 15) is 5.11 Å². The molecule has 3 aromatic rings. The Morgan fingerprint density at radius 1 is 0.833 bits per heavy atom. The van der Waals surface area contributed by atoms with Gasteiger partial charge in [0.1, 0.15) is 0 Å². The highest BCUT2D eigenvalue weighted by atomic mass is 28.4. The average Bonchev–Trinajstić information content (AvgIpc) is 2.87. The van der Waals surface area contributed by atoms with Crippen molar-refractivity contribution in [1.29, 1.82) is 0 Å². The average molecular weight is 500 g/mol. The molecule has 36 heavy (non-hydrogen) atoms. The third-order valence-corrected chi connectivity index (χ3v) is 12.6. The molecule has 1 fully saturated rings. The Balaban J connectivity index is 1.83. The quantitative estimate of drug-likeness (QED) is 0.216. The Morgan fingerprint density at radius 2 is 1.28 bits per heavy atom. The molecule has 0 spiro atoms. The van der Waals surface area contributed by atoms with Crippen LogP contribution in [0.25, 0.3) is 0 Å². The highest BCUT2D eigenvalue weighted by molar-refractivity contribution is 6.74. The van der Waals surface area contributed by atoms with Gasteiger partial charge in [0.25, 0.3) is 0 Å². The SMILES string of the molecule is CC(C)(C)[Si](C)(C)OC1CCN(C(c2ccccc2)(c2ccccc2)c2ccccc2)CC1=CCO. The summed E-state index contributed by atoms with van der Waals surface area (Å²) in [5.41, 5.74) is 4.46. The molecule has 0 amide bonds. The molecule has 1 atom stereocenters. The predicted octanol–water partition coefficient (Wildman–Crippen LogP) is 6.99. The molecule has 1 unspecified atom stereocenters. The predicted molar refractivity (Wildman–Crippen MR) is 153 cm³/mol. The van der Waals surface area contributed by atoms with Gasteiger partial charge in [-0.1, -0.05) is 118 Å². The molecule has 1 saturated heterocycles. The Labute approximate surface area is 218 Å². The van der Waals surface area contributed by atoms with Gasteiger partial charge in [-0.15, -0.1) is 0 Å². The monoisotopic (exact) mass is 499 g/mol. The second-order valence-electron chi connectivity index (χ2n) is 11.3. The molecule has 190 valence electrons. The van der Waals surface area contributed by atoms with Crippen LogP contribution in [0.1, 0.15) is 43.9 Å². The van der Waals surface area contributed by atoms with Crippen LogP contribution in [0.3, 0.4) is 0 Å². The van der Waals surface area contributed by atoms with E-state index in [1.54, 1.807) is 0 Å². The third kappa shape index (κ3) is 5.14. The maximum Gasteiger partial charge on any atom is 0.192 e. The molecule has 0 aliphatic carbocycles. The maximum absolute atomic E-state index is 10.00. The molecule has 1 aliphatic rings. The largest absolute Gasteiger partial charge is 0.410 e. The summed E-state index contributed by atoms with van der Waals surface area (Å²) in [5, 5.41) is 10.1. The number of hydrogen-bond donors (Lipinski definition) is 1. The summed E-state index contributed by atoms with van der Waals surface area (Å²) >= 11 is 0. The molecule has 1 aliphatic heterocycles. The van der Waals surface area contributed by atoms with Gasteiger partial charge < -0.3 is 9.53 Å². The molecule has 0 bridgehead atoms. The highest BCUT2D eigenvalue weighted by Gasteiger charge is 2.46. The lowest BCUT2D eigenvalue weighted by Gasteiger charge is -2.50. The number of piperidine rings is 1. The van der Waals surface area contributed by atoms with Crippen molar-refractivity contribution in [2.24, 2.45) is 0 Å². The van der Waals surface area contributed by atoms with Crippen molar-refractivity contribution in [3.8, 4) is 0 Å². The zero-order valence-corrected chi connectivity index (χ0v) is 23.4. The number of benzene rings is 3. The van der Waals surface area contributed by atoms with E-state index in [1.807, 2.05) is 6.08 Å². The van der Waals surface area contributed by atoms with Crippen molar-refractivity contribution >= 4 is 8.32 Å². The standard InChI is InChI=1S/C32H41NO2Si/c1-31(2,3)36(4,5)35-30-21-23-33(25-26(30)22-24-34)32(27-15-9-6-10-16-27,28-17-11-7-12-18-28)29-19-13-8-14-20-29/h6-20,22,30,34H,21,23-25H2,1-5H3. The Morgan fingerprint density at radius 3 is 1.67 bits per heavy atom. The molecule has 4 heteroatoms. The molecule has 1 N–H and O–H groups in total. The summed E-state index contributed by atoms with van der Waals surface area (Å²) in [6.07, 6.45) is 2.91. The number of nitrogens with zero attached hydrogens (tertiary/aromatic N) is 1. The van der Waals surface area contributed by atoms with Crippen molar-refractivity contribution < 1.29 is 9.53 Å². The summed E-state index contributed by atoms with van der Waals surface area (Å²) < 4.78 is 6.92. The number of aliphatic hydroxyl groups is 1. The number of hydrogen-bond acceptors (Lipinski definition) is 3. The van der Waals surface area contributed by atoms with Crippen molar-refractivity contribution in [3.05, 3.63) is 119 Å². The first-order valence-corrected chi connectivity index (χ1v) is 16.0. The lowest BCUT2D eigenvalue weighted by atomic mass is 9.74. The van der Waals surface area contributed by atoms with Crippen molar-refractivity contribution in [3.63, 3.8) is 0 Å². The molecular formula is C32H41NO2Si. The van der Waals surface area contributed by atoms with Crippen LogP contribution in [0.2, 0.25) is 18.1 Å². The fourth-order valence-corrected chi connectivity index (χ4v) is 6.55. The van der Waals surface area contributed by atoms with Crippen LogP contribution in [0.15, 0.2) is 103 Å². The molecular weight excluding hydrogens is 458 g/mol. The summed E-state index contributed by atoms with van der Waals surface area (Å²) in [5.74, 6) is 0. The van der Waals surface area contributed by atoms with E-state index in [2.05, 4.69) is 130 Å². The molecule has 0 saturated carbocycles. The second kappa shape index (κ2) is 10.9. The van der Waals surface area contributed by atoms with Gasteiger partial charge in [-0.25, -0.2) is 0 Å². The van der Waals surface area contributed by atoms with Gasteiger partial charge in [-0.05, 0) is 46.8 Å². The van der Waals surface area contributed by atoms with Crippen molar-refractivity contribution in [2.75, 3.05) is 19.7 Å². The maximum atomic E-state index is 10.00. The van der Waals surface area contributed by atoms with Crippen LogP contribution in [-0.2, 0) is 9.96 Å². The topological polar surface area (TPSA) is 32.7 Å². The van der Waals surface area contributed by atoms with E-state index in [0.717, 1.165) is 19.5 Å². The molecule has 3 aromatic carbocycles. The highest BCUT2D eigenvalue weighted by Crippen LogP contribution is 2.45. The zero-order valence-electron chi connectivity index (χ0n) is 22.4. The van der Waals surface area contributed by atoms with Gasteiger partial charge in [0.05, 0.1) is 18.2 Å². The van der Waals surface area contributed by atoms with E-state index in [0.29, 0.717) is 0 Å². The smallest absolute Gasteiger partial charge is 0.192 e. The van der Waals surface area contributed by atoms with Crippen LogP contribution in [0.5, 0.6) is 0 Å². The van der Waals surface area contributed by atoms with Gasteiger partial charge in [-0.2, -0.15) is 0 Å². The van der Waals surface area contributed by atoms with Crippen LogP contribution in [-0.4, -0.2) is 44.1 Å². The van der Waals surface area contributed by atoms with Crippen LogP contribution >= 0.6 is 0 Å². The summed E-state index contributed by atoms with van der Waals surface area (Å²) in [6.45, 7) is 13.1. The van der Waals surface area contributed by atoms with Gasteiger partial charge >= 0.3 is 0 Å². The van der Waals surface area contributed by atoms with E-state index in [1.165, 1.54) is 22.3 Å². The number of rotatable bonds is 7. The van der Waals surface area contributed by atoms with Crippen LogP contribution in [0, 0.1) is 0 Å². The van der Waals surface area contributed by atoms with Crippen molar-refractivity contribution in [1.82, 2.24) is 4.90 Å². The lowest BCUT2D eigenvalue weighted by molar-refractivity contribution is 0.0896. The normalized spacial score (nSPS) is 18.9. The minimum atomic E-state index is -1.96. The van der Waals surface area contributed by atoms with Crippen molar-refractivity contribution in [2.45, 2.75) is 57.0 Å². The molecule has 4 rings (SSSR count). The van der Waals surface area contributed by atoms with Gasteiger partial charge in [0.15, 0.2) is 8.32 Å². The Bertz CT molecular complexity index is 1040. The summed E-state index contributed by atoms with van der Waals surface area (Å²) in [4.78, 5) is 2.58. The Kier molecular flexibility index (Phi) is 8.01. The number of aliphatic hydroxyl groups excluding tert-OH is 1. The summed E-state index contributed by atoms with van der Waals surface area (Å²) in [6, 6.07) is 32.5. The molecule has 1 heterocycles. The number of likely N-dealkylation sites (tertiary alicyclic amines) is 1. The van der Waals surface area contributed by atoms with E-state index >= 15 is 0 Å². The van der Waals surface area contributed by atoms with Crippen LogP contribution < -0.4 is 0 Å². The van der Waals surface area contributed by atoms with E-state index in [4.69, 9.17) is 4.43 Å². The van der Waals surface area contributed by atoms with Gasteiger partial charge in [0.2, 0.25) is 0 Å². The van der Waals surface area contributed by atoms with Gasteiger partial charge in [-0.3, -0.25) is 4.90 Å². The molecule has 0 aromatic heterocycles. The molecule has 3 nitrogen and oxygen atoms in total. The minimum absolute atomic E-state index is 0.0234. The second-order valence-corrected chi connectivity index (χ2v) is 16.1. The first-order chi connectivity index (χ1) is 17.2. The molecule has 0 radical (unpaired) electrons. The fourth-order valence-electron chi connectivity index (χ4n) is 5.21. The first-order valence-electron chi connectivity index (χ1n) is 13.1. The Hall–Kier alpha value is -2.50. The lowest BCUT2D eigenvalue weighted by Crippen LogP contribution is -2.55. The fraction of sp³-hybridized carbons (Fsp3) is 0.375. The van der Waals surface area contributed by atoms with Crippen LogP contribution in [0.4, 0.5) is 0 Å².